The Morgan fingerprint density at radius 2 is 1.89 bits per heavy atom. The molecule has 2 amide bonds. The second-order valence-corrected chi connectivity index (χ2v) is 6.41. The van der Waals surface area contributed by atoms with Crippen LogP contribution >= 0.6 is 11.6 Å². The molecule has 2 aromatic rings. The molecule has 1 saturated heterocycles. The summed E-state index contributed by atoms with van der Waals surface area (Å²) in [5.74, 6) is -3.13. The van der Waals surface area contributed by atoms with Gasteiger partial charge in [-0.2, -0.15) is 13.2 Å². The van der Waals surface area contributed by atoms with Gasteiger partial charge in [0.25, 0.3) is 0 Å². The first-order valence-electron chi connectivity index (χ1n) is 7.71. The number of amides is 2. The van der Waals surface area contributed by atoms with Crippen molar-refractivity contribution in [3.8, 4) is 0 Å². The highest BCUT2D eigenvalue weighted by Crippen LogP contribution is 2.43. The molecule has 3 N–H and O–H groups in total. The Balaban J connectivity index is 2.15. The second kappa shape index (κ2) is 6.82. The van der Waals surface area contributed by atoms with Crippen molar-refractivity contribution in [1.29, 1.82) is 0 Å². The van der Waals surface area contributed by atoms with E-state index in [1.807, 2.05) is 0 Å². The predicted molar refractivity (Wildman–Crippen MR) is 88.9 cm³/mol. The van der Waals surface area contributed by atoms with E-state index in [0.29, 0.717) is 5.02 Å². The minimum Gasteiger partial charge on any atom is -0.363 e. The molecule has 0 saturated carbocycles. The molecule has 142 valence electrons. The average Bonchev–Trinajstić information content (AvgIpc) is 2.61. The summed E-state index contributed by atoms with van der Waals surface area (Å²) >= 11 is 5.80. The van der Waals surface area contributed by atoms with Gasteiger partial charge in [-0.25, -0.2) is 4.79 Å². The molecule has 1 aromatic heterocycles. The zero-order valence-corrected chi connectivity index (χ0v) is 14.3. The molecule has 1 aromatic carbocycles. The lowest BCUT2D eigenvalue weighted by atomic mass is 9.77. The number of pyridine rings is 1. The Kier molecular flexibility index (Phi) is 4.83. The standard InChI is InChI=1S/C17H13ClF3N3O3/c18-11-5-3-9(4-6-11)13-12(14(25)10-2-1-7-22-8-10)16(27,17(19,20)21)24-15(26)23-13/h1-8,12-13,27H,(H2,23,24,26)/t12-,13-,16+/m1/s1. The maximum atomic E-state index is 13.7. The highest BCUT2D eigenvalue weighted by molar-refractivity contribution is 6.30. The van der Waals surface area contributed by atoms with Crippen LogP contribution in [0.25, 0.3) is 0 Å². The van der Waals surface area contributed by atoms with Crippen LogP contribution in [-0.2, 0) is 0 Å². The van der Waals surface area contributed by atoms with Gasteiger partial charge in [-0.05, 0) is 29.8 Å². The predicted octanol–water partition coefficient (Wildman–Crippen LogP) is 2.84. The smallest absolute Gasteiger partial charge is 0.363 e. The lowest BCUT2D eigenvalue weighted by Gasteiger charge is -2.45. The molecule has 0 spiro atoms. The monoisotopic (exact) mass is 399 g/mol. The van der Waals surface area contributed by atoms with Crippen LogP contribution in [0.2, 0.25) is 5.02 Å². The van der Waals surface area contributed by atoms with Crippen LogP contribution in [0.15, 0.2) is 48.8 Å². The molecule has 0 aliphatic carbocycles. The van der Waals surface area contributed by atoms with Gasteiger partial charge in [0, 0.05) is 23.0 Å². The van der Waals surface area contributed by atoms with E-state index in [1.54, 1.807) is 0 Å². The number of hydrogen-bond donors (Lipinski definition) is 3. The van der Waals surface area contributed by atoms with Crippen molar-refractivity contribution in [2.24, 2.45) is 5.92 Å². The molecular formula is C17H13ClF3N3O3. The van der Waals surface area contributed by atoms with E-state index in [-0.39, 0.29) is 11.1 Å². The van der Waals surface area contributed by atoms with Gasteiger partial charge in [0.1, 0.15) is 5.92 Å². The highest BCUT2D eigenvalue weighted by atomic mass is 35.5. The Morgan fingerprint density at radius 1 is 1.22 bits per heavy atom. The van der Waals surface area contributed by atoms with Gasteiger partial charge in [-0.1, -0.05) is 23.7 Å². The molecule has 0 bridgehead atoms. The zero-order chi connectivity index (χ0) is 19.8. The summed E-state index contributed by atoms with van der Waals surface area (Å²) in [4.78, 5) is 28.5. The summed E-state index contributed by atoms with van der Waals surface area (Å²) in [5.41, 5.74) is -3.73. The van der Waals surface area contributed by atoms with E-state index in [0.717, 1.165) is 6.20 Å². The van der Waals surface area contributed by atoms with E-state index < -0.39 is 35.7 Å². The van der Waals surface area contributed by atoms with Crippen molar-refractivity contribution in [1.82, 2.24) is 15.6 Å². The number of alkyl halides is 3. The fourth-order valence-electron chi connectivity index (χ4n) is 2.97. The molecule has 3 atom stereocenters. The molecule has 0 radical (unpaired) electrons. The third-order valence-electron chi connectivity index (χ3n) is 4.26. The van der Waals surface area contributed by atoms with Gasteiger partial charge >= 0.3 is 12.2 Å². The van der Waals surface area contributed by atoms with Crippen molar-refractivity contribution >= 4 is 23.4 Å². The minimum absolute atomic E-state index is 0.137. The summed E-state index contributed by atoms with van der Waals surface area (Å²) in [7, 11) is 0. The SMILES string of the molecule is O=C1N[C@H](c2ccc(Cl)cc2)[C@H](C(=O)c2cccnc2)[C@](O)(C(F)(F)F)N1. The number of hydrogen-bond acceptors (Lipinski definition) is 4. The summed E-state index contributed by atoms with van der Waals surface area (Å²) in [6.07, 6.45) is -2.86. The van der Waals surface area contributed by atoms with E-state index in [2.05, 4.69) is 10.3 Å². The topological polar surface area (TPSA) is 91.3 Å². The molecule has 0 unspecified atom stereocenters. The molecule has 1 aliphatic rings. The highest BCUT2D eigenvalue weighted by Gasteiger charge is 2.66. The Hall–Kier alpha value is -2.65. The summed E-state index contributed by atoms with van der Waals surface area (Å²) in [6.45, 7) is 0. The number of rotatable bonds is 3. The maximum Gasteiger partial charge on any atom is 0.437 e. The molecule has 1 aliphatic heterocycles. The Labute approximate surface area is 156 Å². The van der Waals surface area contributed by atoms with E-state index in [1.165, 1.54) is 47.9 Å². The van der Waals surface area contributed by atoms with Gasteiger partial charge in [0.05, 0.1) is 6.04 Å². The van der Waals surface area contributed by atoms with Crippen molar-refractivity contribution in [2.45, 2.75) is 17.9 Å². The van der Waals surface area contributed by atoms with Crippen molar-refractivity contribution in [2.75, 3.05) is 0 Å². The van der Waals surface area contributed by atoms with Crippen LogP contribution in [-0.4, -0.2) is 33.8 Å². The number of benzene rings is 1. The second-order valence-electron chi connectivity index (χ2n) is 5.98. The van der Waals surface area contributed by atoms with Crippen molar-refractivity contribution < 1.29 is 27.9 Å². The maximum absolute atomic E-state index is 13.7. The molecule has 27 heavy (non-hydrogen) atoms. The number of nitrogens with one attached hydrogen (secondary N) is 2. The van der Waals surface area contributed by atoms with E-state index in [4.69, 9.17) is 11.6 Å². The largest absolute Gasteiger partial charge is 0.437 e. The number of aliphatic hydroxyl groups is 1. The minimum atomic E-state index is -5.31. The number of nitrogens with zero attached hydrogens (tertiary/aromatic N) is 1. The Bertz CT molecular complexity index is 861. The van der Waals surface area contributed by atoms with Crippen LogP contribution < -0.4 is 10.6 Å². The third-order valence-corrected chi connectivity index (χ3v) is 4.52. The van der Waals surface area contributed by atoms with Crippen molar-refractivity contribution in [3.05, 3.63) is 64.9 Å². The van der Waals surface area contributed by atoms with Gasteiger partial charge in [0.15, 0.2) is 5.78 Å². The number of halogens is 4. The lowest BCUT2D eigenvalue weighted by Crippen LogP contribution is -2.72. The lowest BCUT2D eigenvalue weighted by molar-refractivity contribution is -0.287. The summed E-state index contributed by atoms with van der Waals surface area (Å²) in [6, 6.07) is 5.51. The number of aromatic nitrogens is 1. The fraction of sp³-hybridized carbons (Fsp3) is 0.235. The van der Waals surface area contributed by atoms with E-state index in [9.17, 15) is 27.9 Å². The van der Waals surface area contributed by atoms with Crippen LogP contribution in [0.5, 0.6) is 0 Å². The van der Waals surface area contributed by atoms with Crippen LogP contribution in [0.3, 0.4) is 0 Å². The third kappa shape index (κ3) is 3.47. The van der Waals surface area contributed by atoms with Crippen LogP contribution in [0.4, 0.5) is 18.0 Å². The van der Waals surface area contributed by atoms with Crippen LogP contribution in [0, 0.1) is 5.92 Å². The number of urea groups is 1. The molecule has 2 heterocycles. The normalized spacial score (nSPS) is 25.4. The molecule has 10 heteroatoms. The molecule has 6 nitrogen and oxygen atoms in total. The van der Waals surface area contributed by atoms with Crippen molar-refractivity contribution in [3.63, 3.8) is 0 Å². The number of carbonyl (C=O) groups excluding carboxylic acids is 2. The molecule has 1 fully saturated rings. The van der Waals surface area contributed by atoms with Gasteiger partial charge in [-0.15, -0.1) is 0 Å². The zero-order valence-electron chi connectivity index (χ0n) is 13.5. The molecular weight excluding hydrogens is 387 g/mol. The summed E-state index contributed by atoms with van der Waals surface area (Å²) < 4.78 is 41.1. The number of Topliss-reactive ketones (excluding diaryl/α,β-unsaturated/α-hetero) is 1. The number of carbonyl (C=O) groups is 2. The van der Waals surface area contributed by atoms with Gasteiger partial charge in [-0.3, -0.25) is 9.78 Å². The number of ketones is 1. The van der Waals surface area contributed by atoms with Crippen LogP contribution in [0.1, 0.15) is 22.0 Å². The quantitative estimate of drug-likeness (QED) is 0.692. The first-order valence-corrected chi connectivity index (χ1v) is 8.09. The first kappa shape index (κ1) is 19.1. The van der Waals surface area contributed by atoms with Gasteiger partial charge < -0.3 is 15.7 Å². The first-order chi connectivity index (χ1) is 12.6. The molecule has 3 rings (SSSR count). The Morgan fingerprint density at radius 3 is 2.44 bits per heavy atom. The fourth-order valence-corrected chi connectivity index (χ4v) is 3.10. The summed E-state index contributed by atoms with van der Waals surface area (Å²) in [5, 5.41) is 14.5. The van der Waals surface area contributed by atoms with Gasteiger partial charge in [0.2, 0.25) is 5.72 Å². The average molecular weight is 400 g/mol. The van der Waals surface area contributed by atoms with E-state index >= 15 is 0 Å².